The van der Waals surface area contributed by atoms with Crippen LogP contribution in [0.4, 0.5) is 0 Å². The second kappa shape index (κ2) is 5.53. The molecule has 0 aromatic heterocycles. The van der Waals surface area contributed by atoms with Crippen molar-refractivity contribution in [3.05, 3.63) is 12.2 Å². The third-order valence-electron chi connectivity index (χ3n) is 2.82. The van der Waals surface area contributed by atoms with Gasteiger partial charge in [-0.25, -0.2) is 4.79 Å². The van der Waals surface area contributed by atoms with Gasteiger partial charge in [0.25, 0.3) is 0 Å². The van der Waals surface area contributed by atoms with Crippen molar-refractivity contribution in [1.82, 2.24) is 5.32 Å². The molecule has 1 aliphatic rings. The van der Waals surface area contributed by atoms with E-state index in [-0.39, 0.29) is 11.9 Å². The van der Waals surface area contributed by atoms with E-state index in [1.165, 1.54) is 6.42 Å². The van der Waals surface area contributed by atoms with Gasteiger partial charge in [-0.3, -0.25) is 4.79 Å². The average molecular weight is 211 g/mol. The summed E-state index contributed by atoms with van der Waals surface area (Å²) in [5, 5.41) is 11.2. The smallest absolute Gasteiger partial charge is 0.328 e. The molecule has 0 heterocycles. The largest absolute Gasteiger partial charge is 0.478 e. The van der Waals surface area contributed by atoms with Crippen LogP contribution in [-0.2, 0) is 9.59 Å². The molecule has 1 saturated carbocycles. The lowest BCUT2D eigenvalue weighted by atomic mass is 9.86. The summed E-state index contributed by atoms with van der Waals surface area (Å²) in [5.74, 6) is -0.918. The van der Waals surface area contributed by atoms with Gasteiger partial charge in [0, 0.05) is 18.2 Å². The van der Waals surface area contributed by atoms with Crippen LogP contribution in [0, 0.1) is 5.92 Å². The molecule has 2 atom stereocenters. The topological polar surface area (TPSA) is 66.4 Å². The lowest BCUT2D eigenvalue weighted by Crippen LogP contribution is -2.40. The number of nitrogens with one attached hydrogen (secondary N) is 1. The monoisotopic (exact) mass is 211 g/mol. The van der Waals surface area contributed by atoms with Crippen LogP contribution < -0.4 is 5.32 Å². The van der Waals surface area contributed by atoms with Crippen LogP contribution in [-0.4, -0.2) is 23.0 Å². The van der Waals surface area contributed by atoms with Gasteiger partial charge in [0.05, 0.1) is 0 Å². The van der Waals surface area contributed by atoms with Gasteiger partial charge in [0.2, 0.25) is 5.91 Å². The lowest BCUT2D eigenvalue weighted by Gasteiger charge is -2.28. The van der Waals surface area contributed by atoms with Crippen LogP contribution in [0.15, 0.2) is 12.2 Å². The Labute approximate surface area is 89.4 Å². The maximum absolute atomic E-state index is 11.3. The summed E-state index contributed by atoms with van der Waals surface area (Å²) in [6.07, 6.45) is 6.42. The second-order valence-corrected chi connectivity index (χ2v) is 4.05. The van der Waals surface area contributed by atoms with Crippen molar-refractivity contribution in [2.45, 2.75) is 38.6 Å². The zero-order valence-corrected chi connectivity index (χ0v) is 8.90. The highest BCUT2D eigenvalue weighted by atomic mass is 16.4. The number of hydrogen-bond donors (Lipinski definition) is 2. The minimum atomic E-state index is -1.10. The van der Waals surface area contributed by atoms with E-state index in [0.717, 1.165) is 31.4 Å². The fourth-order valence-electron chi connectivity index (χ4n) is 1.91. The molecule has 0 aromatic rings. The van der Waals surface area contributed by atoms with Gasteiger partial charge in [-0.2, -0.15) is 0 Å². The summed E-state index contributed by atoms with van der Waals surface area (Å²) in [6, 6.07) is 0.199. The number of carbonyl (C=O) groups is 2. The normalized spacial score (nSPS) is 26.5. The first-order valence-electron chi connectivity index (χ1n) is 5.31. The molecule has 0 spiro atoms. The molecule has 84 valence electrons. The van der Waals surface area contributed by atoms with Crippen molar-refractivity contribution in [3.8, 4) is 0 Å². The molecule has 4 nitrogen and oxygen atoms in total. The summed E-state index contributed by atoms with van der Waals surface area (Å²) in [7, 11) is 0. The highest BCUT2D eigenvalue weighted by Crippen LogP contribution is 2.23. The molecule has 0 aromatic carbocycles. The van der Waals surface area contributed by atoms with Gasteiger partial charge < -0.3 is 10.4 Å². The quantitative estimate of drug-likeness (QED) is 0.692. The number of carbonyl (C=O) groups excluding carboxylic acids is 1. The minimum Gasteiger partial charge on any atom is -0.478 e. The number of amides is 1. The van der Waals surface area contributed by atoms with Gasteiger partial charge in [-0.05, 0) is 18.8 Å². The van der Waals surface area contributed by atoms with Gasteiger partial charge >= 0.3 is 5.97 Å². The SMILES string of the molecule is CC1CCCCC1NC(=O)/C=C/C(=O)O. The van der Waals surface area contributed by atoms with Crippen molar-refractivity contribution in [3.63, 3.8) is 0 Å². The molecular weight excluding hydrogens is 194 g/mol. The molecule has 1 fully saturated rings. The van der Waals surface area contributed by atoms with Crippen LogP contribution in [0.5, 0.6) is 0 Å². The van der Waals surface area contributed by atoms with E-state index in [1.807, 2.05) is 0 Å². The summed E-state index contributed by atoms with van der Waals surface area (Å²) < 4.78 is 0. The standard InChI is InChI=1S/C11H17NO3/c1-8-4-2-3-5-9(8)12-10(13)6-7-11(14)15/h6-9H,2-5H2,1H3,(H,12,13)(H,14,15)/b7-6+. The van der Waals surface area contributed by atoms with E-state index < -0.39 is 5.97 Å². The maximum atomic E-state index is 11.3. The molecule has 1 amide bonds. The van der Waals surface area contributed by atoms with Crippen molar-refractivity contribution >= 4 is 11.9 Å². The Morgan fingerprint density at radius 2 is 1.93 bits per heavy atom. The molecule has 4 heteroatoms. The fourth-order valence-corrected chi connectivity index (χ4v) is 1.91. The second-order valence-electron chi connectivity index (χ2n) is 4.05. The van der Waals surface area contributed by atoms with Crippen LogP contribution in [0.1, 0.15) is 32.6 Å². The number of aliphatic carboxylic acids is 1. The van der Waals surface area contributed by atoms with Crippen LogP contribution >= 0.6 is 0 Å². The third-order valence-corrected chi connectivity index (χ3v) is 2.82. The van der Waals surface area contributed by atoms with Crippen molar-refractivity contribution < 1.29 is 14.7 Å². The number of rotatable bonds is 3. The summed E-state index contributed by atoms with van der Waals surface area (Å²) in [5.41, 5.74) is 0. The van der Waals surface area contributed by atoms with Crippen LogP contribution in [0.3, 0.4) is 0 Å². The summed E-state index contributed by atoms with van der Waals surface area (Å²) >= 11 is 0. The predicted molar refractivity (Wildman–Crippen MR) is 56.3 cm³/mol. The molecule has 1 rings (SSSR count). The summed E-state index contributed by atoms with van der Waals surface area (Å²) in [6.45, 7) is 2.12. The molecule has 2 N–H and O–H groups in total. The Kier molecular flexibility index (Phi) is 4.34. The maximum Gasteiger partial charge on any atom is 0.328 e. The van der Waals surface area contributed by atoms with Crippen molar-refractivity contribution in [2.75, 3.05) is 0 Å². The first-order chi connectivity index (χ1) is 7.09. The molecular formula is C11H17NO3. The van der Waals surface area contributed by atoms with Gasteiger partial charge in [0.15, 0.2) is 0 Å². The average Bonchev–Trinajstić information content (AvgIpc) is 2.18. The predicted octanol–water partition coefficient (Wildman–Crippen LogP) is 1.32. The molecule has 15 heavy (non-hydrogen) atoms. The Hall–Kier alpha value is -1.32. The molecule has 0 saturated heterocycles. The Bertz CT molecular complexity index is 273. The molecule has 2 unspecified atom stereocenters. The number of carboxylic acid groups (broad SMARTS) is 1. The highest BCUT2D eigenvalue weighted by molar-refractivity contribution is 5.93. The zero-order valence-electron chi connectivity index (χ0n) is 8.90. The molecule has 1 aliphatic carbocycles. The van der Waals surface area contributed by atoms with Crippen LogP contribution in [0.2, 0.25) is 0 Å². The Morgan fingerprint density at radius 3 is 2.53 bits per heavy atom. The molecule has 0 aliphatic heterocycles. The van der Waals surface area contributed by atoms with E-state index in [4.69, 9.17) is 5.11 Å². The van der Waals surface area contributed by atoms with E-state index in [0.29, 0.717) is 5.92 Å². The van der Waals surface area contributed by atoms with Gasteiger partial charge in [-0.15, -0.1) is 0 Å². The van der Waals surface area contributed by atoms with Gasteiger partial charge in [0.1, 0.15) is 0 Å². The Balaban J connectivity index is 2.39. The van der Waals surface area contributed by atoms with Crippen LogP contribution in [0.25, 0.3) is 0 Å². The molecule has 0 bridgehead atoms. The summed E-state index contributed by atoms with van der Waals surface area (Å²) in [4.78, 5) is 21.5. The third kappa shape index (κ3) is 4.14. The lowest BCUT2D eigenvalue weighted by molar-refractivity contribution is -0.131. The fraction of sp³-hybridized carbons (Fsp3) is 0.636. The first-order valence-corrected chi connectivity index (χ1v) is 5.31. The van der Waals surface area contributed by atoms with E-state index in [2.05, 4.69) is 12.2 Å². The Morgan fingerprint density at radius 1 is 1.27 bits per heavy atom. The highest BCUT2D eigenvalue weighted by Gasteiger charge is 2.21. The zero-order chi connectivity index (χ0) is 11.3. The van der Waals surface area contributed by atoms with E-state index in [9.17, 15) is 9.59 Å². The van der Waals surface area contributed by atoms with E-state index >= 15 is 0 Å². The number of carboxylic acids is 1. The van der Waals surface area contributed by atoms with Crippen molar-refractivity contribution in [1.29, 1.82) is 0 Å². The van der Waals surface area contributed by atoms with Gasteiger partial charge in [-0.1, -0.05) is 19.8 Å². The molecule has 0 radical (unpaired) electrons. The van der Waals surface area contributed by atoms with E-state index in [1.54, 1.807) is 0 Å². The first kappa shape index (κ1) is 11.8. The minimum absolute atomic E-state index is 0.199. The number of hydrogen-bond acceptors (Lipinski definition) is 2. The van der Waals surface area contributed by atoms with Crippen molar-refractivity contribution in [2.24, 2.45) is 5.92 Å².